The van der Waals surface area contributed by atoms with Gasteiger partial charge in [0.2, 0.25) is 11.8 Å². The number of phenolic OH excluding ortho intramolecular Hbond substituents is 1. The number of nitrogens with two attached hydrogens (primary N) is 1. The molecule has 1 aromatic heterocycles. The third-order valence-electron chi connectivity index (χ3n) is 11.8. The van der Waals surface area contributed by atoms with Gasteiger partial charge in [-0.05, 0) is 64.7 Å². The van der Waals surface area contributed by atoms with E-state index in [9.17, 15) is 14.7 Å². The van der Waals surface area contributed by atoms with Crippen LogP contribution in [0.25, 0.3) is 10.2 Å². The molecule has 3 aliphatic rings. The van der Waals surface area contributed by atoms with Crippen LogP contribution in [-0.2, 0) is 34.0 Å². The molecule has 322 valence electrons. The second-order valence-corrected chi connectivity index (χ2v) is 16.4. The number of rotatable bonds is 9. The van der Waals surface area contributed by atoms with Crippen molar-refractivity contribution in [2.75, 3.05) is 37.1 Å². The number of fused-ring (bicyclic) bond motifs is 4. The summed E-state index contributed by atoms with van der Waals surface area (Å²) in [4.78, 5) is 80.4. The summed E-state index contributed by atoms with van der Waals surface area (Å²) in [6.07, 6.45) is -1.98. The molecule has 4 heterocycles. The minimum Gasteiger partial charge on any atom is -0.508 e. The number of esters is 1. The number of anilines is 2. The van der Waals surface area contributed by atoms with Crippen molar-refractivity contribution in [2.24, 2.45) is 11.7 Å². The summed E-state index contributed by atoms with van der Waals surface area (Å²) in [7, 11) is 1.44. The van der Waals surface area contributed by atoms with E-state index in [-0.39, 0.29) is 41.9 Å². The normalized spacial score (nSPS) is 22.3. The fourth-order valence-corrected chi connectivity index (χ4v) is 10.2. The smallest absolute Gasteiger partial charge is 0.421 e. The van der Waals surface area contributed by atoms with Crippen molar-refractivity contribution in [3.05, 3.63) is 155 Å². The van der Waals surface area contributed by atoms with Gasteiger partial charge in [0.15, 0.2) is 5.13 Å². The van der Waals surface area contributed by atoms with Crippen LogP contribution >= 0.6 is 11.3 Å². The summed E-state index contributed by atoms with van der Waals surface area (Å²) < 4.78 is 18.1. The number of urea groups is 1. The maximum atomic E-state index is 16.2. The number of hydrogen-bond donors (Lipinski definition) is 4. The molecule has 3 aliphatic heterocycles. The minimum atomic E-state index is -2.11. The summed E-state index contributed by atoms with van der Waals surface area (Å²) in [6, 6.07) is 32.6. The number of thiazole rings is 1. The quantitative estimate of drug-likeness (QED) is 0.0742. The van der Waals surface area contributed by atoms with Crippen LogP contribution < -0.4 is 21.3 Å². The molecule has 16 heteroatoms. The zero-order valence-corrected chi connectivity index (χ0v) is 35.0. The standard InChI is InChI=1S/C48H40N6O9S/c1-61-25-26-62-47(60)53-35-23-18-28(11-10-24-50-45(49)59)27-33(35)48(44(53)58)37(42(56)52-46-51-34-16-8-9-17-36(34)64-46)39-43(57)63-40(30-14-6-3-7-15-30)38(29-12-4-2-5-13-29)54(39)41(48)31-19-21-32(55)22-20-31/h2-9,12-23,27,37-41,55H,24-26H2,1H3,(H3,49,50,59)(H,51,52,56)/t37-,38-,39-,40+,41+,48-/m1/s1. The van der Waals surface area contributed by atoms with Gasteiger partial charge in [0.25, 0.3) is 0 Å². The molecular weight excluding hydrogens is 837 g/mol. The molecular formula is C48H40N6O9S. The molecule has 0 saturated carbocycles. The molecule has 2 fully saturated rings. The third kappa shape index (κ3) is 7.24. The van der Waals surface area contributed by atoms with Gasteiger partial charge in [-0.1, -0.05) is 108 Å². The Labute approximate surface area is 370 Å². The number of ether oxygens (including phenoxy) is 3. The second-order valence-electron chi connectivity index (χ2n) is 15.3. The lowest BCUT2D eigenvalue weighted by molar-refractivity contribution is -0.177. The number of primary amides is 1. The van der Waals surface area contributed by atoms with Gasteiger partial charge in [-0.15, -0.1) is 0 Å². The van der Waals surface area contributed by atoms with Crippen LogP contribution in [0.3, 0.4) is 0 Å². The maximum absolute atomic E-state index is 16.2. The van der Waals surface area contributed by atoms with Crippen LogP contribution in [0.2, 0.25) is 0 Å². The zero-order chi connectivity index (χ0) is 44.5. The molecule has 64 heavy (non-hydrogen) atoms. The number of phenols is 1. The molecule has 5 aromatic carbocycles. The number of aromatic nitrogens is 1. The molecule has 15 nitrogen and oxygen atoms in total. The van der Waals surface area contributed by atoms with Crippen molar-refractivity contribution in [3.8, 4) is 17.6 Å². The van der Waals surface area contributed by atoms with E-state index in [2.05, 4.69) is 27.5 Å². The number of cyclic esters (lactones) is 1. The maximum Gasteiger partial charge on any atom is 0.421 e. The molecule has 9 rings (SSSR count). The Balaban J connectivity index is 1.34. The Morgan fingerprint density at radius 3 is 2.28 bits per heavy atom. The predicted octanol–water partition coefficient (Wildman–Crippen LogP) is 6.11. The first-order valence-corrected chi connectivity index (χ1v) is 21.1. The van der Waals surface area contributed by atoms with Crippen LogP contribution in [0.5, 0.6) is 5.75 Å². The number of hydrogen-bond acceptors (Lipinski definition) is 12. The molecule has 0 aliphatic carbocycles. The van der Waals surface area contributed by atoms with Crippen molar-refractivity contribution in [1.29, 1.82) is 0 Å². The lowest BCUT2D eigenvalue weighted by Gasteiger charge is -2.46. The number of carbonyl (C=O) groups is 5. The summed E-state index contributed by atoms with van der Waals surface area (Å²) in [6.45, 7) is -0.264. The number of methoxy groups -OCH3 is 1. The van der Waals surface area contributed by atoms with Gasteiger partial charge in [0.1, 0.15) is 29.9 Å². The highest BCUT2D eigenvalue weighted by molar-refractivity contribution is 7.22. The van der Waals surface area contributed by atoms with Gasteiger partial charge in [0, 0.05) is 12.7 Å². The van der Waals surface area contributed by atoms with Crippen LogP contribution in [0.15, 0.2) is 127 Å². The fraction of sp³-hybridized carbons (Fsp3) is 0.208. The predicted molar refractivity (Wildman–Crippen MR) is 236 cm³/mol. The summed E-state index contributed by atoms with van der Waals surface area (Å²) in [5.41, 5.74) is 6.26. The molecule has 2 saturated heterocycles. The van der Waals surface area contributed by atoms with Gasteiger partial charge < -0.3 is 35.7 Å². The van der Waals surface area contributed by atoms with Gasteiger partial charge in [0.05, 0.1) is 47.1 Å². The summed E-state index contributed by atoms with van der Waals surface area (Å²) in [5.74, 6) is 1.80. The number of morpholine rings is 1. The minimum absolute atomic E-state index is 0.0320. The van der Waals surface area contributed by atoms with E-state index >= 15 is 14.4 Å². The highest BCUT2D eigenvalue weighted by Crippen LogP contribution is 2.66. The highest BCUT2D eigenvalue weighted by Gasteiger charge is 2.76. The number of para-hydroxylation sites is 1. The molecule has 0 bridgehead atoms. The molecule has 0 unspecified atom stereocenters. The Morgan fingerprint density at radius 2 is 1.58 bits per heavy atom. The number of aromatic hydroxyl groups is 1. The highest BCUT2D eigenvalue weighted by atomic mass is 32.1. The Kier molecular flexibility index (Phi) is 11.3. The van der Waals surface area contributed by atoms with E-state index in [0.717, 1.165) is 9.60 Å². The van der Waals surface area contributed by atoms with Gasteiger partial charge in [-0.2, -0.15) is 0 Å². The second kappa shape index (κ2) is 17.3. The first-order chi connectivity index (χ1) is 31.1. The Bertz CT molecular complexity index is 2810. The topological polar surface area (TPSA) is 203 Å². The van der Waals surface area contributed by atoms with Crippen molar-refractivity contribution in [3.63, 3.8) is 0 Å². The van der Waals surface area contributed by atoms with Gasteiger partial charge in [-0.3, -0.25) is 19.3 Å². The summed E-state index contributed by atoms with van der Waals surface area (Å²) >= 11 is 1.22. The number of carbonyl (C=O) groups excluding carboxylic acids is 5. The first-order valence-electron chi connectivity index (χ1n) is 20.3. The number of benzene rings is 5. The summed E-state index contributed by atoms with van der Waals surface area (Å²) in [5, 5.41) is 16.3. The van der Waals surface area contributed by atoms with E-state index in [0.29, 0.717) is 27.8 Å². The fourth-order valence-electron chi connectivity index (χ4n) is 9.29. The lowest BCUT2D eigenvalue weighted by atomic mass is 9.65. The van der Waals surface area contributed by atoms with Crippen LogP contribution in [-0.4, -0.2) is 77.8 Å². The van der Waals surface area contributed by atoms with Gasteiger partial charge in [-0.25, -0.2) is 19.5 Å². The molecule has 5 N–H and O–H groups in total. The van der Waals surface area contributed by atoms with E-state index in [4.69, 9.17) is 19.9 Å². The van der Waals surface area contributed by atoms with Crippen molar-refractivity contribution in [1.82, 2.24) is 15.2 Å². The van der Waals surface area contributed by atoms with Crippen LogP contribution in [0.4, 0.5) is 20.4 Å². The monoisotopic (exact) mass is 876 g/mol. The molecule has 6 aromatic rings. The molecule has 0 radical (unpaired) electrons. The largest absolute Gasteiger partial charge is 0.508 e. The number of imide groups is 1. The number of nitrogens with zero attached hydrogens (tertiary/aromatic N) is 3. The van der Waals surface area contributed by atoms with E-state index < -0.39 is 65.5 Å². The SMILES string of the molecule is COCCOC(=O)N1C(=O)[C@@]2(c3cc(C#CCNC(N)=O)ccc31)[C@H](c1ccc(O)cc1)N1[C@H](c3ccccc3)[C@H](c3ccccc3)OC(=O)[C@H]1[C@@H]2C(=O)Nc1nc2ccccc2s1. The zero-order valence-electron chi connectivity index (χ0n) is 34.2. The van der Waals surface area contributed by atoms with Gasteiger partial charge >= 0.3 is 18.1 Å². The van der Waals surface area contributed by atoms with E-state index in [1.807, 2.05) is 83.8 Å². The Morgan fingerprint density at radius 1 is 0.875 bits per heavy atom. The van der Waals surface area contributed by atoms with E-state index in [1.165, 1.54) is 30.6 Å². The molecule has 1 spiro atoms. The third-order valence-corrected chi connectivity index (χ3v) is 12.7. The van der Waals surface area contributed by atoms with Crippen molar-refractivity contribution < 1.29 is 43.3 Å². The van der Waals surface area contributed by atoms with E-state index in [1.54, 1.807) is 36.4 Å². The average Bonchev–Trinajstić information content (AvgIpc) is 3.94. The van der Waals surface area contributed by atoms with Crippen LogP contribution in [0, 0.1) is 17.8 Å². The number of amides is 5. The van der Waals surface area contributed by atoms with Crippen molar-refractivity contribution >= 4 is 62.3 Å². The molecule has 5 amide bonds. The average molecular weight is 877 g/mol. The van der Waals surface area contributed by atoms with Crippen LogP contribution in [0.1, 0.15) is 46.0 Å². The lowest BCUT2D eigenvalue weighted by Crippen LogP contribution is -2.54. The molecule has 6 atom stereocenters. The number of nitrogens with one attached hydrogen (secondary N) is 2. The Hall–Kier alpha value is -7.58. The van der Waals surface area contributed by atoms with Crippen molar-refractivity contribution in [2.45, 2.75) is 29.6 Å². The first kappa shape index (κ1) is 41.8.